The number of hydrogen-bond donors (Lipinski definition) is 1. The van der Waals surface area contributed by atoms with E-state index in [0.717, 1.165) is 23.4 Å². The fourth-order valence-corrected chi connectivity index (χ4v) is 2.80. The molecule has 1 N–H and O–H groups in total. The maximum atomic E-state index is 5.83. The Bertz CT molecular complexity index is 849. The summed E-state index contributed by atoms with van der Waals surface area (Å²) >= 11 is 0. The predicted molar refractivity (Wildman–Crippen MR) is 127 cm³/mol. The van der Waals surface area contributed by atoms with Crippen molar-refractivity contribution in [2.24, 2.45) is 4.99 Å². The van der Waals surface area contributed by atoms with E-state index in [-0.39, 0.29) is 6.04 Å². The van der Waals surface area contributed by atoms with Gasteiger partial charge in [-0.15, -0.1) is 6.58 Å². The van der Waals surface area contributed by atoms with Gasteiger partial charge >= 0.3 is 0 Å². The van der Waals surface area contributed by atoms with Gasteiger partial charge in [0, 0.05) is 17.2 Å². The normalized spacial score (nSPS) is 11.0. The summed E-state index contributed by atoms with van der Waals surface area (Å²) in [5.41, 5.74) is 3.77. The molecule has 6 nitrogen and oxygen atoms in total. The lowest BCUT2D eigenvalue weighted by molar-refractivity contribution is 0.314. The van der Waals surface area contributed by atoms with Crippen molar-refractivity contribution in [1.29, 1.82) is 0 Å². The Morgan fingerprint density at radius 3 is 2.57 bits per heavy atom. The molecular formula is C24H34N4O2. The van der Waals surface area contributed by atoms with Crippen molar-refractivity contribution < 1.29 is 9.47 Å². The largest absolute Gasteiger partial charge is 0.494 e. The number of ether oxygens (including phenoxy) is 2. The van der Waals surface area contributed by atoms with Gasteiger partial charge in [0.05, 0.1) is 31.3 Å². The summed E-state index contributed by atoms with van der Waals surface area (Å²) in [5.74, 6) is 1.04. The first-order chi connectivity index (χ1) is 14.6. The monoisotopic (exact) mass is 410 g/mol. The topological polar surface area (TPSA) is 68.6 Å². The molecule has 0 saturated carbocycles. The third kappa shape index (κ3) is 6.26. The zero-order chi connectivity index (χ0) is 22.5. The molecule has 30 heavy (non-hydrogen) atoms. The second-order valence-corrected chi connectivity index (χ2v) is 6.13. The zero-order valence-electron chi connectivity index (χ0n) is 18.9. The first-order valence-electron chi connectivity index (χ1n) is 10.2. The average Bonchev–Trinajstić information content (AvgIpc) is 2.79. The maximum Gasteiger partial charge on any atom is 0.241 e. The first kappa shape index (κ1) is 25.0. The zero-order valence-corrected chi connectivity index (χ0v) is 18.9. The highest BCUT2D eigenvalue weighted by Gasteiger charge is 2.17. The number of pyridine rings is 2. The molecule has 0 radical (unpaired) electrons. The molecule has 0 aliphatic carbocycles. The molecule has 0 unspecified atom stereocenters. The Labute approximate surface area is 180 Å². The van der Waals surface area contributed by atoms with Crippen molar-refractivity contribution in [3.63, 3.8) is 0 Å². The number of nitrogens with one attached hydrogen (secondary N) is 1. The van der Waals surface area contributed by atoms with Crippen LogP contribution < -0.4 is 14.8 Å². The summed E-state index contributed by atoms with van der Waals surface area (Å²) in [7, 11) is 1.61. The molecule has 0 spiro atoms. The molecule has 0 bridgehead atoms. The number of hydrogen-bond acceptors (Lipinski definition) is 6. The predicted octanol–water partition coefficient (Wildman–Crippen LogP) is 5.78. The third-order valence-corrected chi connectivity index (χ3v) is 4.27. The number of methoxy groups -OCH3 is 1. The third-order valence-electron chi connectivity index (χ3n) is 4.27. The molecule has 0 aliphatic rings. The van der Waals surface area contributed by atoms with Gasteiger partial charge in [-0.05, 0) is 38.7 Å². The van der Waals surface area contributed by atoms with Crippen LogP contribution in [0, 0.1) is 0 Å². The van der Waals surface area contributed by atoms with E-state index in [4.69, 9.17) is 9.47 Å². The van der Waals surface area contributed by atoms with E-state index >= 15 is 0 Å². The standard InChI is InChI=1S/C22H28N4O2.C2H6/c1-7-10-11-28-22-21(23-5)16(8-2)12-19(26-22)17-13-18(15(4)24-9-3)25-14-20(17)27-6;1-2/h7-8,12-15,24H,1-2,5,9-11H2,3-4,6H3;1-2H3/t15-;/m1./s1. The van der Waals surface area contributed by atoms with Crippen LogP contribution in [0.25, 0.3) is 17.3 Å². The van der Waals surface area contributed by atoms with Crippen LogP contribution in [0.3, 0.4) is 0 Å². The van der Waals surface area contributed by atoms with Gasteiger partial charge in [-0.25, -0.2) is 4.98 Å². The van der Waals surface area contributed by atoms with E-state index < -0.39 is 0 Å². The van der Waals surface area contributed by atoms with E-state index in [9.17, 15) is 0 Å². The quantitative estimate of drug-likeness (QED) is 0.289. The van der Waals surface area contributed by atoms with Crippen molar-refractivity contribution in [3.8, 4) is 22.9 Å². The molecule has 0 aliphatic heterocycles. The van der Waals surface area contributed by atoms with Crippen molar-refractivity contribution in [2.75, 3.05) is 20.3 Å². The van der Waals surface area contributed by atoms with E-state index in [1.807, 2.05) is 26.0 Å². The molecule has 2 heterocycles. The smallest absolute Gasteiger partial charge is 0.241 e. The lowest BCUT2D eigenvalue weighted by Crippen LogP contribution is -2.18. The van der Waals surface area contributed by atoms with Crippen LogP contribution in [0.5, 0.6) is 11.6 Å². The van der Waals surface area contributed by atoms with E-state index in [2.05, 4.69) is 54.0 Å². The Balaban J connectivity index is 0.00000218. The molecule has 0 fully saturated rings. The first-order valence-corrected chi connectivity index (χ1v) is 10.2. The molecule has 2 aromatic heterocycles. The maximum absolute atomic E-state index is 5.83. The number of aliphatic imine (C=N–C) groups is 1. The molecule has 0 aromatic carbocycles. The second-order valence-electron chi connectivity index (χ2n) is 6.13. The minimum Gasteiger partial charge on any atom is -0.494 e. The summed E-state index contributed by atoms with van der Waals surface area (Å²) in [6.45, 7) is 20.7. The molecule has 0 saturated heterocycles. The molecule has 2 rings (SSSR count). The van der Waals surface area contributed by atoms with Gasteiger partial charge < -0.3 is 14.8 Å². The summed E-state index contributed by atoms with van der Waals surface area (Å²) in [5, 5.41) is 3.37. The Morgan fingerprint density at radius 2 is 2.00 bits per heavy atom. The van der Waals surface area contributed by atoms with Crippen LogP contribution in [0.1, 0.15) is 51.4 Å². The molecular weight excluding hydrogens is 376 g/mol. The van der Waals surface area contributed by atoms with Crippen molar-refractivity contribution in [3.05, 3.63) is 48.8 Å². The minimum atomic E-state index is 0.103. The van der Waals surface area contributed by atoms with Gasteiger partial charge in [-0.1, -0.05) is 39.5 Å². The molecule has 2 aromatic rings. The van der Waals surface area contributed by atoms with Crippen LogP contribution in [0.15, 0.2) is 42.6 Å². The highest BCUT2D eigenvalue weighted by Crippen LogP contribution is 2.37. The average molecular weight is 411 g/mol. The van der Waals surface area contributed by atoms with Crippen LogP contribution in [0.4, 0.5) is 5.69 Å². The van der Waals surface area contributed by atoms with Gasteiger partial charge in [0.2, 0.25) is 5.88 Å². The summed E-state index contributed by atoms with van der Waals surface area (Å²) < 4.78 is 11.4. The SMILES string of the molecule is C=CCCOc1nc(-c2cc([C@@H](C)NCC)ncc2OC)cc(C=C)c1N=C.CC. The summed E-state index contributed by atoms with van der Waals surface area (Å²) in [4.78, 5) is 13.3. The highest BCUT2D eigenvalue weighted by molar-refractivity contribution is 5.77. The number of aromatic nitrogens is 2. The number of nitrogens with zero attached hydrogens (tertiary/aromatic N) is 3. The van der Waals surface area contributed by atoms with Gasteiger partial charge in [0.15, 0.2) is 0 Å². The lowest BCUT2D eigenvalue weighted by Gasteiger charge is -2.16. The van der Waals surface area contributed by atoms with Crippen molar-refractivity contribution in [1.82, 2.24) is 15.3 Å². The molecule has 6 heteroatoms. The lowest BCUT2D eigenvalue weighted by atomic mass is 10.0. The Hall–Kier alpha value is -2.99. The van der Waals surface area contributed by atoms with E-state index in [0.29, 0.717) is 36.0 Å². The van der Waals surface area contributed by atoms with E-state index in [1.54, 1.807) is 25.5 Å². The molecule has 1 atom stereocenters. The van der Waals surface area contributed by atoms with Crippen LogP contribution in [-0.2, 0) is 0 Å². The fraction of sp³-hybridized carbons (Fsp3) is 0.375. The Kier molecular flexibility index (Phi) is 11.1. The van der Waals surface area contributed by atoms with Gasteiger partial charge in [-0.2, -0.15) is 0 Å². The van der Waals surface area contributed by atoms with Gasteiger partial charge in [0.25, 0.3) is 0 Å². The van der Waals surface area contributed by atoms with Gasteiger partial charge in [0.1, 0.15) is 11.4 Å². The van der Waals surface area contributed by atoms with Crippen LogP contribution in [-0.4, -0.2) is 36.9 Å². The van der Waals surface area contributed by atoms with Crippen LogP contribution >= 0.6 is 0 Å². The van der Waals surface area contributed by atoms with Crippen molar-refractivity contribution in [2.45, 2.75) is 40.2 Å². The summed E-state index contributed by atoms with van der Waals surface area (Å²) in [6, 6.07) is 3.98. The molecule has 0 amide bonds. The van der Waals surface area contributed by atoms with E-state index in [1.165, 1.54) is 0 Å². The van der Waals surface area contributed by atoms with Crippen molar-refractivity contribution >= 4 is 18.5 Å². The highest BCUT2D eigenvalue weighted by atomic mass is 16.5. The number of rotatable bonds is 11. The Morgan fingerprint density at radius 1 is 1.27 bits per heavy atom. The van der Waals surface area contributed by atoms with Gasteiger partial charge in [-0.3, -0.25) is 9.98 Å². The molecule has 162 valence electrons. The fourth-order valence-electron chi connectivity index (χ4n) is 2.80. The minimum absolute atomic E-state index is 0.103. The van der Waals surface area contributed by atoms with Crippen LogP contribution in [0.2, 0.25) is 0 Å². The second kappa shape index (κ2) is 13.3. The summed E-state index contributed by atoms with van der Waals surface area (Å²) in [6.07, 6.45) is 5.92.